The van der Waals surface area contributed by atoms with Crippen molar-refractivity contribution in [3.8, 4) is 17.2 Å². The van der Waals surface area contributed by atoms with Gasteiger partial charge in [0, 0.05) is 27.7 Å². The SMILES string of the molecule is CCOc1ccc(-c2nnc(S[C@@H](C)C(=O)c3c(C)[nH]c4ccccc34)o2)cc1. The number of carbonyl (C=O) groups is 1. The number of thioether (sulfide) groups is 1. The predicted molar refractivity (Wildman–Crippen MR) is 114 cm³/mol. The fourth-order valence-corrected chi connectivity index (χ4v) is 3.98. The van der Waals surface area contributed by atoms with Crippen molar-refractivity contribution in [1.82, 2.24) is 15.2 Å². The van der Waals surface area contributed by atoms with E-state index in [0.717, 1.165) is 27.9 Å². The van der Waals surface area contributed by atoms with E-state index in [0.29, 0.717) is 23.3 Å². The van der Waals surface area contributed by atoms with Gasteiger partial charge in [-0.2, -0.15) is 0 Å². The number of aryl methyl sites for hydroxylation is 1. The highest BCUT2D eigenvalue weighted by Gasteiger charge is 2.24. The molecule has 4 aromatic rings. The van der Waals surface area contributed by atoms with Crippen LogP contribution in [0.25, 0.3) is 22.4 Å². The molecule has 2 aromatic carbocycles. The van der Waals surface area contributed by atoms with E-state index >= 15 is 0 Å². The van der Waals surface area contributed by atoms with Gasteiger partial charge in [0.1, 0.15) is 5.75 Å². The van der Waals surface area contributed by atoms with Crippen LogP contribution in [-0.4, -0.2) is 32.8 Å². The Morgan fingerprint density at radius 1 is 1.17 bits per heavy atom. The molecule has 4 rings (SSSR count). The molecule has 0 aliphatic rings. The number of carbonyl (C=O) groups excluding carboxylic acids is 1. The molecule has 7 heteroatoms. The number of ether oxygens (including phenoxy) is 1. The number of rotatable bonds is 7. The Bertz CT molecular complexity index is 1150. The van der Waals surface area contributed by atoms with Crippen LogP contribution in [0.3, 0.4) is 0 Å². The number of hydrogen-bond donors (Lipinski definition) is 1. The summed E-state index contributed by atoms with van der Waals surface area (Å²) in [6.07, 6.45) is 0. The van der Waals surface area contributed by atoms with Crippen molar-refractivity contribution in [2.75, 3.05) is 6.61 Å². The summed E-state index contributed by atoms with van der Waals surface area (Å²) in [6.45, 7) is 6.33. The highest BCUT2D eigenvalue weighted by atomic mass is 32.2. The van der Waals surface area contributed by atoms with E-state index in [1.165, 1.54) is 11.8 Å². The molecular weight excluding hydrogens is 386 g/mol. The Hall–Kier alpha value is -3.06. The number of aromatic nitrogens is 3. The van der Waals surface area contributed by atoms with Gasteiger partial charge in [0.25, 0.3) is 5.22 Å². The van der Waals surface area contributed by atoms with Gasteiger partial charge < -0.3 is 14.1 Å². The molecule has 0 amide bonds. The minimum Gasteiger partial charge on any atom is -0.494 e. The minimum absolute atomic E-state index is 0.0331. The molecule has 2 heterocycles. The molecule has 29 heavy (non-hydrogen) atoms. The summed E-state index contributed by atoms with van der Waals surface area (Å²) >= 11 is 1.27. The number of nitrogens with zero attached hydrogens (tertiary/aromatic N) is 2. The standard InChI is InChI=1S/C22H21N3O3S/c1-4-27-16-11-9-15(10-12-16)21-24-25-22(28-21)29-14(3)20(26)19-13(2)23-18-8-6-5-7-17(18)19/h5-12,14,23H,4H2,1-3H3/t14-/m0/s1. The quantitative estimate of drug-likeness (QED) is 0.331. The topological polar surface area (TPSA) is 81.0 Å². The normalized spacial score (nSPS) is 12.2. The second-order valence-electron chi connectivity index (χ2n) is 6.63. The second-order valence-corrected chi connectivity index (χ2v) is 7.92. The zero-order valence-corrected chi connectivity index (χ0v) is 17.2. The van der Waals surface area contributed by atoms with Crippen molar-refractivity contribution in [1.29, 1.82) is 0 Å². The molecular formula is C22H21N3O3S. The Labute approximate surface area is 172 Å². The van der Waals surface area contributed by atoms with Gasteiger partial charge >= 0.3 is 0 Å². The number of hydrogen-bond acceptors (Lipinski definition) is 6. The van der Waals surface area contributed by atoms with Crippen molar-refractivity contribution in [2.45, 2.75) is 31.2 Å². The summed E-state index contributed by atoms with van der Waals surface area (Å²) in [7, 11) is 0. The largest absolute Gasteiger partial charge is 0.494 e. The third-order valence-corrected chi connectivity index (χ3v) is 5.54. The summed E-state index contributed by atoms with van der Waals surface area (Å²) in [4.78, 5) is 16.4. The lowest BCUT2D eigenvalue weighted by atomic mass is 10.1. The monoisotopic (exact) mass is 407 g/mol. The fourth-order valence-electron chi connectivity index (χ4n) is 3.24. The molecule has 1 atom stereocenters. The number of benzene rings is 2. The lowest BCUT2D eigenvalue weighted by Crippen LogP contribution is -2.14. The molecule has 0 bridgehead atoms. The van der Waals surface area contributed by atoms with Crippen LogP contribution in [0.4, 0.5) is 0 Å². The molecule has 0 spiro atoms. The van der Waals surface area contributed by atoms with E-state index < -0.39 is 0 Å². The first-order valence-electron chi connectivity index (χ1n) is 9.41. The molecule has 0 aliphatic heterocycles. The fraction of sp³-hybridized carbons (Fsp3) is 0.227. The van der Waals surface area contributed by atoms with E-state index in [2.05, 4.69) is 15.2 Å². The number of fused-ring (bicyclic) bond motifs is 1. The van der Waals surface area contributed by atoms with Crippen LogP contribution in [0, 0.1) is 6.92 Å². The first-order valence-corrected chi connectivity index (χ1v) is 10.3. The van der Waals surface area contributed by atoms with E-state index in [9.17, 15) is 4.79 Å². The van der Waals surface area contributed by atoms with Gasteiger partial charge in [-0.05, 0) is 51.1 Å². The number of ketones is 1. The summed E-state index contributed by atoms with van der Waals surface area (Å²) in [5.41, 5.74) is 3.34. The number of nitrogens with one attached hydrogen (secondary N) is 1. The maximum atomic E-state index is 13.1. The number of para-hydroxylation sites is 1. The van der Waals surface area contributed by atoms with Gasteiger partial charge in [0.15, 0.2) is 5.78 Å². The molecule has 6 nitrogen and oxygen atoms in total. The molecule has 0 unspecified atom stereocenters. The Morgan fingerprint density at radius 2 is 1.93 bits per heavy atom. The average Bonchev–Trinajstić information content (AvgIpc) is 3.31. The molecule has 0 aliphatic carbocycles. The summed E-state index contributed by atoms with van der Waals surface area (Å²) in [5, 5.41) is 9.15. The van der Waals surface area contributed by atoms with E-state index in [1.807, 2.05) is 69.3 Å². The van der Waals surface area contributed by atoms with Crippen molar-refractivity contribution < 1.29 is 13.9 Å². The first-order chi connectivity index (χ1) is 14.1. The van der Waals surface area contributed by atoms with Crippen molar-refractivity contribution >= 4 is 28.4 Å². The lowest BCUT2D eigenvalue weighted by Gasteiger charge is -2.07. The highest BCUT2D eigenvalue weighted by Crippen LogP contribution is 2.31. The lowest BCUT2D eigenvalue weighted by molar-refractivity contribution is 0.0994. The van der Waals surface area contributed by atoms with Gasteiger partial charge in [0.2, 0.25) is 5.89 Å². The van der Waals surface area contributed by atoms with Crippen molar-refractivity contribution in [3.05, 3.63) is 59.8 Å². The van der Waals surface area contributed by atoms with Crippen LogP contribution < -0.4 is 4.74 Å². The van der Waals surface area contributed by atoms with Crippen LogP contribution in [-0.2, 0) is 0 Å². The van der Waals surface area contributed by atoms with Crippen LogP contribution in [0.1, 0.15) is 29.9 Å². The Balaban J connectivity index is 1.51. The van der Waals surface area contributed by atoms with Crippen molar-refractivity contribution in [3.63, 3.8) is 0 Å². The Kier molecular flexibility index (Phi) is 5.40. The first kappa shape index (κ1) is 19.3. The molecule has 148 valence electrons. The second kappa shape index (κ2) is 8.13. The Morgan fingerprint density at radius 3 is 2.69 bits per heavy atom. The smallest absolute Gasteiger partial charge is 0.277 e. The maximum Gasteiger partial charge on any atom is 0.277 e. The molecule has 0 radical (unpaired) electrons. The van der Waals surface area contributed by atoms with E-state index in [-0.39, 0.29) is 11.0 Å². The van der Waals surface area contributed by atoms with Crippen LogP contribution in [0.15, 0.2) is 58.2 Å². The van der Waals surface area contributed by atoms with Gasteiger partial charge in [-0.25, -0.2) is 0 Å². The van der Waals surface area contributed by atoms with Gasteiger partial charge in [0.05, 0.1) is 11.9 Å². The molecule has 0 saturated heterocycles. The van der Waals surface area contributed by atoms with Crippen LogP contribution in [0.5, 0.6) is 5.75 Å². The molecule has 0 saturated carbocycles. The van der Waals surface area contributed by atoms with Crippen LogP contribution >= 0.6 is 11.8 Å². The third kappa shape index (κ3) is 3.91. The molecule has 0 fully saturated rings. The van der Waals surface area contributed by atoms with Gasteiger partial charge in [-0.1, -0.05) is 30.0 Å². The number of Topliss-reactive ketones (excluding diaryl/α,β-unsaturated/α-hetero) is 1. The summed E-state index contributed by atoms with van der Waals surface area (Å²) in [6, 6.07) is 15.3. The zero-order chi connectivity index (χ0) is 20.4. The van der Waals surface area contributed by atoms with Gasteiger partial charge in [-0.3, -0.25) is 4.79 Å². The van der Waals surface area contributed by atoms with E-state index in [4.69, 9.17) is 9.15 Å². The minimum atomic E-state index is -0.360. The number of H-pyrrole nitrogens is 1. The van der Waals surface area contributed by atoms with Crippen molar-refractivity contribution in [2.24, 2.45) is 0 Å². The van der Waals surface area contributed by atoms with Gasteiger partial charge in [-0.15, -0.1) is 10.2 Å². The summed E-state index contributed by atoms with van der Waals surface area (Å²) < 4.78 is 11.2. The third-order valence-electron chi connectivity index (χ3n) is 4.61. The zero-order valence-electron chi connectivity index (χ0n) is 16.4. The summed E-state index contributed by atoms with van der Waals surface area (Å²) in [5.74, 6) is 1.24. The molecule has 1 N–H and O–H groups in total. The van der Waals surface area contributed by atoms with Crippen LogP contribution in [0.2, 0.25) is 0 Å². The average molecular weight is 407 g/mol. The number of aromatic amines is 1. The van der Waals surface area contributed by atoms with E-state index in [1.54, 1.807) is 0 Å². The predicted octanol–water partition coefficient (Wildman–Crippen LogP) is 5.29. The molecule has 2 aromatic heterocycles. The highest BCUT2D eigenvalue weighted by molar-refractivity contribution is 8.00. The maximum absolute atomic E-state index is 13.1.